The number of nitrogens with one attached hydrogen (secondary N) is 2. The Bertz CT molecular complexity index is 488. The molecule has 0 unspecified atom stereocenters. The number of hydrogen-bond donors (Lipinski definition) is 2. The zero-order valence-electron chi connectivity index (χ0n) is 11.6. The molecule has 104 valence electrons. The van der Waals surface area contributed by atoms with Crippen LogP contribution in [0.15, 0.2) is 22.7 Å². The van der Waals surface area contributed by atoms with Gasteiger partial charge in [0.05, 0.1) is 0 Å². The molecule has 1 aromatic carbocycles. The normalized spacial score (nSPS) is 18.3. The van der Waals surface area contributed by atoms with Crippen LogP contribution in [0, 0.1) is 0 Å². The number of carbonyl (C=O) groups excluding carboxylic acids is 1. The van der Waals surface area contributed by atoms with Gasteiger partial charge in [0.25, 0.3) is 0 Å². The number of amides is 1. The van der Waals surface area contributed by atoms with E-state index in [0.717, 1.165) is 23.2 Å². The molecule has 0 bridgehead atoms. The summed E-state index contributed by atoms with van der Waals surface area (Å²) >= 11 is 3.60. The summed E-state index contributed by atoms with van der Waals surface area (Å²) in [6.45, 7) is 6.26. The maximum absolute atomic E-state index is 12.0. The van der Waals surface area contributed by atoms with Gasteiger partial charge in [-0.15, -0.1) is 0 Å². The Kier molecular flexibility index (Phi) is 4.16. The number of piperazine rings is 1. The fourth-order valence-corrected chi connectivity index (χ4v) is 2.90. The fraction of sp³-hybridized carbons (Fsp3) is 0.500. The van der Waals surface area contributed by atoms with Gasteiger partial charge in [-0.05, 0) is 38.6 Å². The molecule has 2 N–H and O–H groups in total. The lowest BCUT2D eigenvalue weighted by Gasteiger charge is -2.43. The van der Waals surface area contributed by atoms with Crippen molar-refractivity contribution < 1.29 is 4.79 Å². The first-order valence-electron chi connectivity index (χ1n) is 6.46. The number of rotatable bonds is 3. The summed E-state index contributed by atoms with van der Waals surface area (Å²) in [5.74, 6) is 0.0779. The fourth-order valence-electron chi connectivity index (χ4n) is 2.39. The van der Waals surface area contributed by atoms with Crippen LogP contribution in [-0.2, 0) is 11.3 Å². The van der Waals surface area contributed by atoms with Crippen LogP contribution in [0.25, 0.3) is 0 Å². The smallest absolute Gasteiger partial charge is 0.245 e. The maximum Gasteiger partial charge on any atom is 0.245 e. The van der Waals surface area contributed by atoms with Gasteiger partial charge in [0.15, 0.2) is 0 Å². The minimum Gasteiger partial charge on any atom is -0.356 e. The Morgan fingerprint density at radius 1 is 1.47 bits per heavy atom. The molecule has 1 aromatic rings. The highest BCUT2D eigenvalue weighted by molar-refractivity contribution is 9.10. The van der Waals surface area contributed by atoms with Gasteiger partial charge in [-0.3, -0.25) is 4.79 Å². The van der Waals surface area contributed by atoms with Crippen molar-refractivity contribution in [3.05, 3.63) is 28.2 Å². The van der Waals surface area contributed by atoms with Crippen LogP contribution in [0.4, 0.5) is 5.69 Å². The monoisotopic (exact) mass is 325 g/mol. The Labute approximate surface area is 122 Å². The first kappa shape index (κ1) is 14.3. The van der Waals surface area contributed by atoms with Crippen LogP contribution in [0.3, 0.4) is 0 Å². The maximum atomic E-state index is 12.0. The second-order valence-electron chi connectivity index (χ2n) is 5.27. The molecule has 1 aliphatic heterocycles. The largest absolute Gasteiger partial charge is 0.356 e. The third-order valence-electron chi connectivity index (χ3n) is 3.57. The highest BCUT2D eigenvalue weighted by Gasteiger charge is 2.37. The summed E-state index contributed by atoms with van der Waals surface area (Å²) in [5, 5.41) is 6.06. The first-order valence-corrected chi connectivity index (χ1v) is 7.25. The summed E-state index contributed by atoms with van der Waals surface area (Å²) in [6, 6.07) is 6.27. The van der Waals surface area contributed by atoms with Gasteiger partial charge < -0.3 is 15.5 Å². The standard InChI is InChI=1S/C14H20BrN3O/c1-14(2)13(19)17-6-7-18(14)11-5-4-10(9-16-3)12(15)8-11/h4-5,8,16H,6-7,9H2,1-3H3,(H,17,19). The van der Waals surface area contributed by atoms with Gasteiger partial charge in [-0.25, -0.2) is 0 Å². The Morgan fingerprint density at radius 3 is 2.84 bits per heavy atom. The Balaban J connectivity index is 2.31. The third kappa shape index (κ3) is 2.77. The number of hydrogen-bond acceptors (Lipinski definition) is 3. The molecule has 0 radical (unpaired) electrons. The van der Waals surface area contributed by atoms with Crippen molar-refractivity contribution in [2.24, 2.45) is 0 Å². The van der Waals surface area contributed by atoms with Crippen molar-refractivity contribution in [3.8, 4) is 0 Å². The van der Waals surface area contributed by atoms with Crippen molar-refractivity contribution in [2.45, 2.75) is 25.9 Å². The molecule has 1 heterocycles. The van der Waals surface area contributed by atoms with E-state index >= 15 is 0 Å². The van der Waals surface area contributed by atoms with Crippen molar-refractivity contribution in [1.29, 1.82) is 0 Å². The Morgan fingerprint density at radius 2 is 2.21 bits per heavy atom. The molecule has 1 fully saturated rings. The van der Waals surface area contributed by atoms with E-state index in [9.17, 15) is 4.79 Å². The molecule has 0 spiro atoms. The predicted octanol–water partition coefficient (Wildman–Crippen LogP) is 1.88. The third-order valence-corrected chi connectivity index (χ3v) is 4.31. The predicted molar refractivity (Wildman–Crippen MR) is 81.3 cm³/mol. The average Bonchev–Trinajstić information content (AvgIpc) is 2.35. The highest BCUT2D eigenvalue weighted by Crippen LogP contribution is 2.30. The first-order chi connectivity index (χ1) is 8.96. The lowest BCUT2D eigenvalue weighted by atomic mass is 9.97. The summed E-state index contributed by atoms with van der Waals surface area (Å²) in [4.78, 5) is 14.1. The quantitative estimate of drug-likeness (QED) is 0.892. The zero-order valence-corrected chi connectivity index (χ0v) is 13.2. The van der Waals surface area contributed by atoms with Crippen LogP contribution in [0.5, 0.6) is 0 Å². The molecule has 1 amide bonds. The van der Waals surface area contributed by atoms with Crippen LogP contribution in [0.2, 0.25) is 0 Å². The molecule has 5 heteroatoms. The summed E-state index contributed by atoms with van der Waals surface area (Å²) in [7, 11) is 1.93. The lowest BCUT2D eigenvalue weighted by Crippen LogP contribution is -2.62. The molecule has 1 saturated heterocycles. The van der Waals surface area contributed by atoms with Crippen molar-refractivity contribution in [1.82, 2.24) is 10.6 Å². The van der Waals surface area contributed by atoms with Crippen LogP contribution in [0.1, 0.15) is 19.4 Å². The van der Waals surface area contributed by atoms with Crippen molar-refractivity contribution >= 4 is 27.5 Å². The number of halogens is 1. The van der Waals surface area contributed by atoms with Gasteiger partial charge >= 0.3 is 0 Å². The topological polar surface area (TPSA) is 44.4 Å². The number of nitrogens with zero attached hydrogens (tertiary/aromatic N) is 1. The minimum atomic E-state index is -0.512. The van der Waals surface area contributed by atoms with Crippen molar-refractivity contribution in [2.75, 3.05) is 25.0 Å². The summed E-state index contributed by atoms with van der Waals surface area (Å²) < 4.78 is 1.07. The van der Waals surface area contributed by atoms with Crippen LogP contribution >= 0.6 is 15.9 Å². The van der Waals surface area contributed by atoms with Gasteiger partial charge in [0.2, 0.25) is 5.91 Å². The molecule has 19 heavy (non-hydrogen) atoms. The Hall–Kier alpha value is -1.07. The molecule has 0 aromatic heterocycles. The molecule has 0 saturated carbocycles. The molecular formula is C14H20BrN3O. The van der Waals surface area contributed by atoms with Crippen LogP contribution < -0.4 is 15.5 Å². The van der Waals surface area contributed by atoms with E-state index in [1.165, 1.54) is 5.56 Å². The van der Waals surface area contributed by atoms with E-state index in [-0.39, 0.29) is 5.91 Å². The SMILES string of the molecule is CNCc1ccc(N2CCNC(=O)C2(C)C)cc1Br. The number of benzene rings is 1. The molecular weight excluding hydrogens is 306 g/mol. The molecule has 2 rings (SSSR count). The molecule has 0 atom stereocenters. The second-order valence-corrected chi connectivity index (χ2v) is 6.13. The highest BCUT2D eigenvalue weighted by atomic mass is 79.9. The second kappa shape index (κ2) is 5.51. The van der Waals surface area contributed by atoms with Gasteiger partial charge in [0.1, 0.15) is 5.54 Å². The van der Waals surface area contributed by atoms with E-state index in [4.69, 9.17) is 0 Å². The number of carbonyl (C=O) groups is 1. The van der Waals surface area contributed by atoms with E-state index < -0.39 is 5.54 Å². The van der Waals surface area contributed by atoms with Crippen LogP contribution in [-0.4, -0.2) is 31.6 Å². The lowest BCUT2D eigenvalue weighted by molar-refractivity contribution is -0.126. The minimum absolute atomic E-state index is 0.0779. The molecule has 4 nitrogen and oxygen atoms in total. The molecule has 1 aliphatic rings. The zero-order chi connectivity index (χ0) is 14.0. The number of anilines is 1. The summed E-state index contributed by atoms with van der Waals surface area (Å²) in [5.41, 5.74) is 1.78. The molecule has 0 aliphatic carbocycles. The van der Waals surface area contributed by atoms with E-state index in [1.807, 2.05) is 20.9 Å². The van der Waals surface area contributed by atoms with Gasteiger partial charge in [0, 0.05) is 29.8 Å². The van der Waals surface area contributed by atoms with Gasteiger partial charge in [-0.1, -0.05) is 22.0 Å². The van der Waals surface area contributed by atoms with Gasteiger partial charge in [-0.2, -0.15) is 0 Å². The van der Waals surface area contributed by atoms with E-state index in [1.54, 1.807) is 0 Å². The van der Waals surface area contributed by atoms with Crippen molar-refractivity contribution in [3.63, 3.8) is 0 Å². The summed E-state index contributed by atoms with van der Waals surface area (Å²) in [6.07, 6.45) is 0. The van der Waals surface area contributed by atoms with E-state index in [0.29, 0.717) is 6.54 Å². The van der Waals surface area contributed by atoms with E-state index in [2.05, 4.69) is 49.7 Å². The average molecular weight is 326 g/mol.